The molecule has 0 aromatic heterocycles. The van der Waals surface area contributed by atoms with Crippen LogP contribution in [0.1, 0.15) is 76.7 Å². The predicted octanol–water partition coefficient (Wildman–Crippen LogP) is 8.23. The van der Waals surface area contributed by atoms with Crippen molar-refractivity contribution in [3.63, 3.8) is 0 Å². The van der Waals surface area contributed by atoms with E-state index in [0.717, 1.165) is 24.3 Å². The Bertz CT molecular complexity index is 543. The second kappa shape index (κ2) is 8.41. The summed E-state index contributed by atoms with van der Waals surface area (Å²) in [6.45, 7) is 2.27. The third-order valence-corrected chi connectivity index (χ3v) is 7.97. The predicted molar refractivity (Wildman–Crippen MR) is 111 cm³/mol. The molecular weight excluding hydrogens is 371 g/mol. The Morgan fingerprint density at radius 3 is 2.28 bits per heavy atom. The standard InChI is InChI=1S/C22H30Cl3/c1-2-13-21(20(24)25)14-5-6-15-22(21,18-7-3-4-8-18)16-17-9-11-19(23)12-10-17/h9-12,16,18,20H,2-8,13-15H2,1H3. The van der Waals surface area contributed by atoms with E-state index in [9.17, 15) is 0 Å². The molecule has 2 fully saturated rings. The number of halogens is 3. The fourth-order valence-corrected chi connectivity index (χ4v) is 6.78. The van der Waals surface area contributed by atoms with Gasteiger partial charge in [0.15, 0.2) is 0 Å². The van der Waals surface area contributed by atoms with Crippen molar-refractivity contribution >= 4 is 34.8 Å². The van der Waals surface area contributed by atoms with E-state index in [0.29, 0.717) is 5.92 Å². The number of hydrogen-bond acceptors (Lipinski definition) is 0. The second-order valence-corrected chi connectivity index (χ2v) is 9.66. The first-order chi connectivity index (χ1) is 12.0. The maximum Gasteiger partial charge on any atom is 0.114 e. The molecule has 139 valence electrons. The SMILES string of the molecule is CCCC1(C(Cl)Cl)CCCCC1([CH]c1ccc(Cl)cc1)C1CCCC1. The van der Waals surface area contributed by atoms with Crippen molar-refractivity contribution in [2.75, 3.05) is 0 Å². The van der Waals surface area contributed by atoms with Gasteiger partial charge in [0, 0.05) is 10.4 Å². The van der Waals surface area contributed by atoms with Crippen LogP contribution in [0, 0.1) is 23.2 Å². The molecule has 2 aliphatic rings. The number of alkyl halides is 2. The van der Waals surface area contributed by atoms with Crippen molar-refractivity contribution in [3.8, 4) is 0 Å². The molecule has 1 radical (unpaired) electrons. The van der Waals surface area contributed by atoms with Crippen molar-refractivity contribution in [3.05, 3.63) is 41.3 Å². The fraction of sp³-hybridized carbons (Fsp3) is 0.682. The van der Waals surface area contributed by atoms with Gasteiger partial charge in [-0.3, -0.25) is 0 Å². The van der Waals surface area contributed by atoms with Gasteiger partial charge in [-0.05, 0) is 67.6 Å². The van der Waals surface area contributed by atoms with Crippen LogP contribution >= 0.6 is 34.8 Å². The topological polar surface area (TPSA) is 0 Å². The lowest BCUT2D eigenvalue weighted by Crippen LogP contribution is -2.53. The first-order valence-corrected chi connectivity index (χ1v) is 11.2. The molecule has 2 aliphatic carbocycles. The van der Waals surface area contributed by atoms with Crippen molar-refractivity contribution in [2.45, 2.75) is 76.0 Å². The van der Waals surface area contributed by atoms with Crippen LogP contribution in [0.3, 0.4) is 0 Å². The lowest BCUT2D eigenvalue weighted by atomic mass is 9.48. The number of rotatable bonds is 6. The molecule has 0 heterocycles. The second-order valence-electron chi connectivity index (χ2n) is 8.13. The Morgan fingerprint density at radius 1 is 1.04 bits per heavy atom. The van der Waals surface area contributed by atoms with Crippen LogP contribution in [-0.2, 0) is 0 Å². The van der Waals surface area contributed by atoms with Gasteiger partial charge in [0.2, 0.25) is 0 Å². The quantitative estimate of drug-likeness (QED) is 0.422. The van der Waals surface area contributed by atoms with E-state index >= 15 is 0 Å². The highest BCUT2D eigenvalue weighted by molar-refractivity contribution is 6.44. The van der Waals surface area contributed by atoms with Gasteiger partial charge in [-0.1, -0.05) is 62.8 Å². The average molecular weight is 401 g/mol. The minimum Gasteiger partial charge on any atom is -0.105 e. The minimum absolute atomic E-state index is 0.00223. The van der Waals surface area contributed by atoms with Crippen molar-refractivity contribution in [2.24, 2.45) is 16.7 Å². The number of benzene rings is 1. The maximum absolute atomic E-state index is 6.77. The molecule has 2 atom stereocenters. The molecule has 3 heteroatoms. The third-order valence-electron chi connectivity index (χ3n) is 6.88. The van der Waals surface area contributed by atoms with Gasteiger partial charge in [0.25, 0.3) is 0 Å². The summed E-state index contributed by atoms with van der Waals surface area (Å²) < 4.78 is 0. The van der Waals surface area contributed by atoms with Crippen LogP contribution < -0.4 is 0 Å². The summed E-state index contributed by atoms with van der Waals surface area (Å²) in [4.78, 5) is -0.308. The Labute approximate surface area is 168 Å². The van der Waals surface area contributed by atoms with Crippen molar-refractivity contribution in [1.82, 2.24) is 0 Å². The lowest BCUT2D eigenvalue weighted by molar-refractivity contribution is -0.0310. The molecule has 0 spiro atoms. The highest BCUT2D eigenvalue weighted by Gasteiger charge is 2.58. The van der Waals surface area contributed by atoms with Gasteiger partial charge in [0.05, 0.1) is 0 Å². The molecule has 2 unspecified atom stereocenters. The van der Waals surface area contributed by atoms with E-state index in [1.54, 1.807) is 0 Å². The Morgan fingerprint density at radius 2 is 1.68 bits per heavy atom. The van der Waals surface area contributed by atoms with Crippen LogP contribution in [0.5, 0.6) is 0 Å². The third kappa shape index (κ3) is 3.74. The summed E-state index contributed by atoms with van der Waals surface area (Å²) in [7, 11) is 0. The molecule has 0 saturated heterocycles. The first kappa shape index (κ1) is 19.8. The zero-order valence-corrected chi connectivity index (χ0v) is 17.5. The lowest BCUT2D eigenvalue weighted by Gasteiger charge is -2.58. The number of hydrogen-bond donors (Lipinski definition) is 0. The Hall–Kier alpha value is 0.0900. The van der Waals surface area contributed by atoms with E-state index in [4.69, 9.17) is 34.8 Å². The highest BCUT2D eigenvalue weighted by atomic mass is 35.5. The Kier molecular flexibility index (Phi) is 6.67. The zero-order valence-electron chi connectivity index (χ0n) is 15.2. The van der Waals surface area contributed by atoms with Crippen LogP contribution in [0.2, 0.25) is 5.02 Å². The zero-order chi connectivity index (χ0) is 17.9. The molecule has 0 bridgehead atoms. The van der Waals surface area contributed by atoms with Crippen LogP contribution in [-0.4, -0.2) is 4.84 Å². The van der Waals surface area contributed by atoms with E-state index in [1.807, 2.05) is 12.1 Å². The van der Waals surface area contributed by atoms with E-state index in [1.165, 1.54) is 50.5 Å². The molecule has 1 aromatic carbocycles. The van der Waals surface area contributed by atoms with Gasteiger partial charge < -0.3 is 0 Å². The average Bonchev–Trinajstić information content (AvgIpc) is 3.14. The fourth-order valence-electron chi connectivity index (χ4n) is 5.81. The van der Waals surface area contributed by atoms with Crippen LogP contribution in [0.15, 0.2) is 24.3 Å². The highest BCUT2D eigenvalue weighted by Crippen LogP contribution is 2.65. The first-order valence-electron chi connectivity index (χ1n) is 9.94. The molecule has 0 aliphatic heterocycles. The largest absolute Gasteiger partial charge is 0.114 e. The van der Waals surface area contributed by atoms with Crippen molar-refractivity contribution < 1.29 is 0 Å². The molecule has 1 aromatic rings. The van der Waals surface area contributed by atoms with Crippen molar-refractivity contribution in [1.29, 1.82) is 0 Å². The van der Waals surface area contributed by atoms with Crippen LogP contribution in [0.25, 0.3) is 0 Å². The van der Waals surface area contributed by atoms with E-state index in [2.05, 4.69) is 25.5 Å². The summed E-state index contributed by atoms with van der Waals surface area (Å²) in [5, 5.41) is 0.795. The molecule has 0 N–H and O–H groups in total. The normalized spacial score (nSPS) is 30.9. The molecule has 0 nitrogen and oxygen atoms in total. The Balaban J connectivity index is 2.05. The molecular formula is C22H30Cl3. The van der Waals surface area contributed by atoms with Gasteiger partial charge in [-0.15, -0.1) is 23.2 Å². The summed E-state index contributed by atoms with van der Waals surface area (Å²) in [5.74, 6) is 0.704. The summed E-state index contributed by atoms with van der Waals surface area (Å²) in [6, 6.07) is 8.31. The summed E-state index contributed by atoms with van der Waals surface area (Å²) in [6.07, 6.45) is 15.0. The van der Waals surface area contributed by atoms with Gasteiger partial charge >= 0.3 is 0 Å². The molecule has 25 heavy (non-hydrogen) atoms. The smallest absolute Gasteiger partial charge is 0.105 e. The van der Waals surface area contributed by atoms with Crippen LogP contribution in [0.4, 0.5) is 0 Å². The van der Waals surface area contributed by atoms with Gasteiger partial charge in [-0.25, -0.2) is 0 Å². The molecule has 3 rings (SSSR count). The molecule has 0 amide bonds. The monoisotopic (exact) mass is 399 g/mol. The minimum atomic E-state index is -0.308. The van der Waals surface area contributed by atoms with E-state index < -0.39 is 0 Å². The van der Waals surface area contributed by atoms with E-state index in [-0.39, 0.29) is 15.7 Å². The maximum atomic E-state index is 6.77. The summed E-state index contributed by atoms with van der Waals surface area (Å²) in [5.41, 5.74) is 1.38. The van der Waals surface area contributed by atoms with Gasteiger partial charge in [0.1, 0.15) is 4.84 Å². The van der Waals surface area contributed by atoms with Gasteiger partial charge in [-0.2, -0.15) is 0 Å². The molecule has 2 saturated carbocycles. The summed E-state index contributed by atoms with van der Waals surface area (Å²) >= 11 is 19.7.